The molecule has 1 unspecified atom stereocenters. The zero-order chi connectivity index (χ0) is 15.3. The van der Waals surface area contributed by atoms with Gasteiger partial charge in [0.2, 0.25) is 10.0 Å². The Morgan fingerprint density at radius 1 is 1.25 bits per heavy atom. The number of aliphatic hydroxyl groups is 1. The molecule has 1 aromatic carbocycles. The molecule has 0 aliphatic rings. The van der Waals surface area contributed by atoms with Gasteiger partial charge in [-0.1, -0.05) is 6.92 Å². The first-order valence-corrected chi connectivity index (χ1v) is 7.51. The maximum absolute atomic E-state index is 13.4. The molecule has 0 spiro atoms. The van der Waals surface area contributed by atoms with Crippen molar-refractivity contribution in [3.8, 4) is 0 Å². The third-order valence-corrected chi connectivity index (χ3v) is 4.22. The molecule has 0 amide bonds. The highest BCUT2D eigenvalue weighted by Crippen LogP contribution is 2.20. The Hall–Kier alpha value is -1.12. The predicted octanol–water partition coefficient (Wildman–Crippen LogP) is 1.79. The second-order valence-electron chi connectivity index (χ2n) is 4.53. The molecule has 20 heavy (non-hydrogen) atoms. The fourth-order valence-corrected chi connectivity index (χ4v) is 2.79. The van der Waals surface area contributed by atoms with Crippen molar-refractivity contribution in [3.63, 3.8) is 0 Å². The SMILES string of the molecule is CC(CO)CCCNS(=O)(=O)c1c(F)cc(F)cc1F. The lowest BCUT2D eigenvalue weighted by Crippen LogP contribution is -2.27. The van der Waals surface area contributed by atoms with Crippen LogP contribution in [0, 0.1) is 23.4 Å². The largest absolute Gasteiger partial charge is 0.396 e. The molecule has 0 bridgehead atoms. The first kappa shape index (κ1) is 16.9. The second kappa shape index (κ2) is 7.05. The Morgan fingerprint density at radius 2 is 1.80 bits per heavy atom. The molecule has 8 heteroatoms. The summed E-state index contributed by atoms with van der Waals surface area (Å²) in [5, 5.41) is 8.80. The number of aliphatic hydroxyl groups excluding tert-OH is 1. The van der Waals surface area contributed by atoms with Crippen LogP contribution in [0.15, 0.2) is 17.0 Å². The van der Waals surface area contributed by atoms with Crippen molar-refractivity contribution in [2.24, 2.45) is 5.92 Å². The zero-order valence-corrected chi connectivity index (χ0v) is 11.7. The number of nitrogens with one attached hydrogen (secondary N) is 1. The van der Waals surface area contributed by atoms with Crippen LogP contribution in [0.2, 0.25) is 0 Å². The Morgan fingerprint density at radius 3 is 2.30 bits per heavy atom. The molecule has 2 N–H and O–H groups in total. The normalized spacial score (nSPS) is 13.4. The molecule has 0 aromatic heterocycles. The van der Waals surface area contributed by atoms with Crippen LogP contribution in [0.3, 0.4) is 0 Å². The Bertz CT molecular complexity index is 540. The third kappa shape index (κ3) is 4.46. The molecular formula is C12H16F3NO3S. The topological polar surface area (TPSA) is 66.4 Å². The number of sulfonamides is 1. The monoisotopic (exact) mass is 311 g/mol. The van der Waals surface area contributed by atoms with Crippen molar-refractivity contribution >= 4 is 10.0 Å². The predicted molar refractivity (Wildman–Crippen MR) is 67.0 cm³/mol. The van der Waals surface area contributed by atoms with Crippen LogP contribution in [0.5, 0.6) is 0 Å². The summed E-state index contributed by atoms with van der Waals surface area (Å²) < 4.78 is 65.0. The first-order chi connectivity index (χ1) is 9.27. The highest BCUT2D eigenvalue weighted by molar-refractivity contribution is 7.89. The van der Waals surface area contributed by atoms with E-state index in [1.54, 1.807) is 6.92 Å². The Labute approximate surface area is 115 Å². The zero-order valence-electron chi connectivity index (χ0n) is 10.9. The van der Waals surface area contributed by atoms with Crippen LogP contribution in [0.25, 0.3) is 0 Å². The van der Waals surface area contributed by atoms with E-state index in [4.69, 9.17) is 5.11 Å². The molecule has 0 fully saturated rings. The minimum Gasteiger partial charge on any atom is -0.396 e. The van der Waals surface area contributed by atoms with Crippen molar-refractivity contribution < 1.29 is 26.7 Å². The molecule has 1 atom stereocenters. The van der Waals surface area contributed by atoms with Gasteiger partial charge >= 0.3 is 0 Å². The average molecular weight is 311 g/mol. The van der Waals surface area contributed by atoms with Gasteiger partial charge in [-0.3, -0.25) is 0 Å². The van der Waals surface area contributed by atoms with Crippen molar-refractivity contribution in [3.05, 3.63) is 29.6 Å². The van der Waals surface area contributed by atoms with Gasteiger partial charge in [0.15, 0.2) is 4.90 Å². The minimum atomic E-state index is -4.37. The summed E-state index contributed by atoms with van der Waals surface area (Å²) in [6.45, 7) is 1.74. The summed E-state index contributed by atoms with van der Waals surface area (Å²) in [5.41, 5.74) is 0. The highest BCUT2D eigenvalue weighted by Gasteiger charge is 2.24. The maximum Gasteiger partial charge on any atom is 0.246 e. The van der Waals surface area contributed by atoms with Gasteiger partial charge in [0.25, 0.3) is 0 Å². The van der Waals surface area contributed by atoms with E-state index >= 15 is 0 Å². The van der Waals surface area contributed by atoms with Gasteiger partial charge in [-0.05, 0) is 18.8 Å². The van der Waals surface area contributed by atoms with Gasteiger partial charge in [-0.25, -0.2) is 26.3 Å². The van der Waals surface area contributed by atoms with Crippen LogP contribution in [0.1, 0.15) is 19.8 Å². The molecule has 0 aliphatic carbocycles. The van der Waals surface area contributed by atoms with E-state index in [1.165, 1.54) is 0 Å². The first-order valence-electron chi connectivity index (χ1n) is 6.03. The fraction of sp³-hybridized carbons (Fsp3) is 0.500. The number of benzene rings is 1. The van der Waals surface area contributed by atoms with E-state index in [0.717, 1.165) is 0 Å². The van der Waals surface area contributed by atoms with Gasteiger partial charge in [0.1, 0.15) is 17.5 Å². The molecule has 0 aliphatic heterocycles. The number of hydrogen-bond acceptors (Lipinski definition) is 3. The quantitative estimate of drug-likeness (QED) is 0.755. The highest BCUT2D eigenvalue weighted by atomic mass is 32.2. The van der Waals surface area contributed by atoms with Crippen LogP contribution < -0.4 is 4.72 Å². The summed E-state index contributed by atoms with van der Waals surface area (Å²) in [7, 11) is -4.37. The number of hydrogen-bond donors (Lipinski definition) is 2. The summed E-state index contributed by atoms with van der Waals surface area (Å²) >= 11 is 0. The van der Waals surface area contributed by atoms with Gasteiger partial charge in [-0.15, -0.1) is 0 Å². The van der Waals surface area contributed by atoms with E-state index in [1.807, 2.05) is 4.72 Å². The standard InChI is InChI=1S/C12H16F3NO3S/c1-8(7-17)3-2-4-16-20(18,19)12-10(14)5-9(13)6-11(12)15/h5-6,8,16-17H,2-4,7H2,1H3. The average Bonchev–Trinajstić information content (AvgIpc) is 2.32. The van der Waals surface area contributed by atoms with Crippen LogP contribution in [-0.2, 0) is 10.0 Å². The van der Waals surface area contributed by atoms with Crippen molar-refractivity contribution in [1.82, 2.24) is 4.72 Å². The van der Waals surface area contributed by atoms with E-state index < -0.39 is 32.4 Å². The molecule has 0 saturated carbocycles. The molecule has 0 heterocycles. The van der Waals surface area contributed by atoms with Crippen molar-refractivity contribution in [2.45, 2.75) is 24.7 Å². The Balaban J connectivity index is 2.75. The van der Waals surface area contributed by atoms with E-state index in [9.17, 15) is 21.6 Å². The lowest BCUT2D eigenvalue weighted by atomic mass is 10.1. The van der Waals surface area contributed by atoms with Crippen LogP contribution in [-0.4, -0.2) is 26.7 Å². The van der Waals surface area contributed by atoms with Gasteiger partial charge in [-0.2, -0.15) is 0 Å². The van der Waals surface area contributed by atoms with Crippen LogP contribution >= 0.6 is 0 Å². The van der Waals surface area contributed by atoms with E-state index in [0.29, 0.717) is 25.0 Å². The number of rotatable bonds is 7. The molecule has 1 rings (SSSR count). The van der Waals surface area contributed by atoms with E-state index in [-0.39, 0.29) is 19.1 Å². The summed E-state index contributed by atoms with van der Waals surface area (Å²) in [6.07, 6.45) is 0.971. The maximum atomic E-state index is 13.4. The lowest BCUT2D eigenvalue weighted by molar-refractivity contribution is 0.228. The molecular weight excluding hydrogens is 295 g/mol. The number of halogens is 3. The lowest BCUT2D eigenvalue weighted by Gasteiger charge is -2.10. The summed E-state index contributed by atoms with van der Waals surface area (Å²) in [5.74, 6) is -4.12. The summed E-state index contributed by atoms with van der Waals surface area (Å²) in [4.78, 5) is -1.19. The molecule has 114 valence electrons. The van der Waals surface area contributed by atoms with Gasteiger partial charge < -0.3 is 5.11 Å². The molecule has 0 radical (unpaired) electrons. The van der Waals surface area contributed by atoms with Gasteiger partial charge in [0.05, 0.1) is 0 Å². The Kier molecular flexibility index (Phi) is 5.97. The smallest absolute Gasteiger partial charge is 0.246 e. The third-order valence-electron chi connectivity index (χ3n) is 2.71. The molecule has 1 aromatic rings. The minimum absolute atomic E-state index is 0.0128. The fourth-order valence-electron chi connectivity index (χ4n) is 1.61. The van der Waals surface area contributed by atoms with E-state index in [2.05, 4.69) is 0 Å². The summed E-state index contributed by atoms with van der Waals surface area (Å²) in [6, 6.07) is 0.622. The van der Waals surface area contributed by atoms with Gasteiger partial charge in [0, 0.05) is 25.3 Å². The van der Waals surface area contributed by atoms with Crippen molar-refractivity contribution in [1.29, 1.82) is 0 Å². The van der Waals surface area contributed by atoms with Crippen LogP contribution in [0.4, 0.5) is 13.2 Å². The second-order valence-corrected chi connectivity index (χ2v) is 6.23. The van der Waals surface area contributed by atoms with Crippen molar-refractivity contribution in [2.75, 3.05) is 13.2 Å². The molecule has 4 nitrogen and oxygen atoms in total. The molecule has 0 saturated heterocycles.